The minimum atomic E-state index is 0.510. The summed E-state index contributed by atoms with van der Waals surface area (Å²) >= 11 is 0. The molecule has 0 spiro atoms. The van der Waals surface area contributed by atoms with E-state index in [-0.39, 0.29) is 0 Å². The highest BCUT2D eigenvalue weighted by molar-refractivity contribution is 5.06. The standard InChI is InChI=1S/C17H29NO/c1-11(2)15-10-19-16(9-18-15)17-6-12-3-13(7-17)5-14(4-12)8-17/h11-16,18H,3-10H2,1-2H3. The van der Waals surface area contributed by atoms with Gasteiger partial charge in [0.1, 0.15) is 0 Å². The van der Waals surface area contributed by atoms with Crippen LogP contribution in [0.25, 0.3) is 0 Å². The van der Waals surface area contributed by atoms with E-state index in [1.165, 1.54) is 38.5 Å². The van der Waals surface area contributed by atoms with Gasteiger partial charge in [0, 0.05) is 12.6 Å². The second-order valence-electron chi connectivity index (χ2n) is 8.36. The minimum absolute atomic E-state index is 0.510. The molecule has 0 aromatic carbocycles. The monoisotopic (exact) mass is 263 g/mol. The molecule has 1 saturated heterocycles. The number of nitrogens with one attached hydrogen (secondary N) is 1. The molecule has 0 aromatic heterocycles. The summed E-state index contributed by atoms with van der Waals surface area (Å²) < 4.78 is 6.37. The van der Waals surface area contributed by atoms with Gasteiger partial charge < -0.3 is 10.1 Å². The molecule has 4 saturated carbocycles. The lowest BCUT2D eigenvalue weighted by Crippen LogP contribution is -2.59. The molecule has 2 unspecified atom stereocenters. The summed E-state index contributed by atoms with van der Waals surface area (Å²) in [6.07, 6.45) is 9.53. The van der Waals surface area contributed by atoms with E-state index in [1.54, 1.807) is 0 Å². The Labute approximate surface area is 117 Å². The highest BCUT2D eigenvalue weighted by Crippen LogP contribution is 2.61. The van der Waals surface area contributed by atoms with E-state index >= 15 is 0 Å². The summed E-state index contributed by atoms with van der Waals surface area (Å²) in [4.78, 5) is 0. The third-order valence-corrected chi connectivity index (χ3v) is 6.62. The smallest absolute Gasteiger partial charge is 0.0756 e. The van der Waals surface area contributed by atoms with Crippen LogP contribution in [-0.2, 0) is 4.74 Å². The quantitative estimate of drug-likeness (QED) is 0.826. The molecular weight excluding hydrogens is 234 g/mol. The van der Waals surface area contributed by atoms with E-state index in [1.807, 2.05) is 0 Å². The number of morpholine rings is 1. The van der Waals surface area contributed by atoms with Gasteiger partial charge in [-0.2, -0.15) is 0 Å². The SMILES string of the molecule is CC(C)C1COC(C23CC4CC(CC(C4)C2)C3)CN1. The first-order valence-electron chi connectivity index (χ1n) is 8.49. The van der Waals surface area contributed by atoms with Crippen molar-refractivity contribution in [2.75, 3.05) is 13.2 Å². The third-order valence-electron chi connectivity index (χ3n) is 6.62. The van der Waals surface area contributed by atoms with E-state index in [0.717, 1.165) is 30.9 Å². The fourth-order valence-corrected chi connectivity index (χ4v) is 5.99. The molecule has 0 amide bonds. The Morgan fingerprint density at radius 3 is 2.00 bits per heavy atom. The Morgan fingerprint density at radius 2 is 1.58 bits per heavy atom. The van der Waals surface area contributed by atoms with Gasteiger partial charge in [0.25, 0.3) is 0 Å². The van der Waals surface area contributed by atoms with Crippen molar-refractivity contribution in [2.45, 2.75) is 64.5 Å². The lowest BCUT2D eigenvalue weighted by atomic mass is 9.48. The van der Waals surface area contributed by atoms with Gasteiger partial charge in [-0.05, 0) is 67.6 Å². The van der Waals surface area contributed by atoms with Crippen LogP contribution >= 0.6 is 0 Å². The molecule has 2 nitrogen and oxygen atoms in total. The Morgan fingerprint density at radius 1 is 1.00 bits per heavy atom. The summed E-state index contributed by atoms with van der Waals surface area (Å²) in [5.74, 6) is 3.81. The maximum absolute atomic E-state index is 6.37. The van der Waals surface area contributed by atoms with Gasteiger partial charge >= 0.3 is 0 Å². The van der Waals surface area contributed by atoms with Crippen LogP contribution in [0, 0.1) is 29.1 Å². The molecular formula is C17H29NO. The average molecular weight is 263 g/mol. The summed E-state index contributed by atoms with van der Waals surface area (Å²) in [6.45, 7) is 6.64. The van der Waals surface area contributed by atoms with Crippen molar-refractivity contribution in [3.05, 3.63) is 0 Å². The van der Waals surface area contributed by atoms with Crippen molar-refractivity contribution >= 4 is 0 Å². The number of ether oxygens (including phenoxy) is 1. The van der Waals surface area contributed by atoms with Crippen LogP contribution in [0.1, 0.15) is 52.4 Å². The summed E-state index contributed by atoms with van der Waals surface area (Å²) in [5, 5.41) is 3.77. The zero-order valence-corrected chi connectivity index (χ0v) is 12.5. The summed E-state index contributed by atoms with van der Waals surface area (Å²) in [6, 6.07) is 0.574. The van der Waals surface area contributed by atoms with Crippen molar-refractivity contribution in [3.8, 4) is 0 Å². The zero-order valence-electron chi connectivity index (χ0n) is 12.5. The molecule has 1 N–H and O–H groups in total. The predicted molar refractivity (Wildman–Crippen MR) is 77.0 cm³/mol. The van der Waals surface area contributed by atoms with Crippen LogP contribution in [0.4, 0.5) is 0 Å². The molecule has 5 fully saturated rings. The fraction of sp³-hybridized carbons (Fsp3) is 1.00. The van der Waals surface area contributed by atoms with Crippen LogP contribution < -0.4 is 5.32 Å². The van der Waals surface area contributed by atoms with Crippen LogP contribution in [0.15, 0.2) is 0 Å². The number of hydrogen-bond acceptors (Lipinski definition) is 2. The molecule has 108 valence electrons. The maximum Gasteiger partial charge on any atom is 0.0756 e. The van der Waals surface area contributed by atoms with Crippen LogP contribution in [-0.4, -0.2) is 25.3 Å². The summed E-state index contributed by atoms with van der Waals surface area (Å²) in [7, 11) is 0. The molecule has 19 heavy (non-hydrogen) atoms. The fourth-order valence-electron chi connectivity index (χ4n) is 5.99. The number of rotatable bonds is 2. The molecule has 0 aromatic rings. The van der Waals surface area contributed by atoms with Crippen molar-refractivity contribution < 1.29 is 4.74 Å². The van der Waals surface area contributed by atoms with Gasteiger partial charge in [-0.1, -0.05) is 13.8 Å². The molecule has 0 radical (unpaired) electrons. The lowest BCUT2D eigenvalue weighted by molar-refractivity contribution is -0.157. The van der Waals surface area contributed by atoms with Crippen molar-refractivity contribution in [2.24, 2.45) is 29.1 Å². The topological polar surface area (TPSA) is 21.3 Å². The Hall–Kier alpha value is -0.0800. The van der Waals surface area contributed by atoms with E-state index in [4.69, 9.17) is 4.74 Å². The van der Waals surface area contributed by atoms with E-state index in [0.29, 0.717) is 23.5 Å². The zero-order chi connectivity index (χ0) is 13.0. The predicted octanol–water partition coefficient (Wildman–Crippen LogP) is 3.22. The second-order valence-corrected chi connectivity index (χ2v) is 8.36. The van der Waals surface area contributed by atoms with E-state index < -0.39 is 0 Å². The van der Waals surface area contributed by atoms with Gasteiger partial charge in [0.05, 0.1) is 12.7 Å². The lowest BCUT2D eigenvalue weighted by Gasteiger charge is -2.60. The molecule has 4 bridgehead atoms. The van der Waals surface area contributed by atoms with E-state index in [2.05, 4.69) is 19.2 Å². The largest absolute Gasteiger partial charge is 0.375 e. The first-order valence-corrected chi connectivity index (χ1v) is 8.49. The molecule has 2 atom stereocenters. The first kappa shape index (κ1) is 12.6. The van der Waals surface area contributed by atoms with Crippen molar-refractivity contribution in [1.82, 2.24) is 5.32 Å². The highest BCUT2D eigenvalue weighted by atomic mass is 16.5. The second kappa shape index (κ2) is 4.46. The van der Waals surface area contributed by atoms with Crippen LogP contribution in [0.5, 0.6) is 0 Å². The van der Waals surface area contributed by atoms with Gasteiger partial charge in [-0.3, -0.25) is 0 Å². The van der Waals surface area contributed by atoms with Crippen molar-refractivity contribution in [3.63, 3.8) is 0 Å². The number of hydrogen-bond donors (Lipinski definition) is 1. The minimum Gasteiger partial charge on any atom is -0.375 e. The Balaban J connectivity index is 1.48. The normalized spacial score (nSPS) is 52.9. The van der Waals surface area contributed by atoms with Gasteiger partial charge in [-0.15, -0.1) is 0 Å². The molecule has 5 aliphatic rings. The molecule has 1 heterocycles. The van der Waals surface area contributed by atoms with Crippen LogP contribution in [0.2, 0.25) is 0 Å². The Kier molecular flexibility index (Phi) is 2.97. The van der Waals surface area contributed by atoms with Crippen molar-refractivity contribution in [1.29, 1.82) is 0 Å². The first-order chi connectivity index (χ1) is 9.14. The molecule has 4 aliphatic carbocycles. The molecule has 1 aliphatic heterocycles. The maximum atomic E-state index is 6.37. The average Bonchev–Trinajstić information content (AvgIpc) is 2.37. The van der Waals surface area contributed by atoms with Gasteiger partial charge in [0.15, 0.2) is 0 Å². The van der Waals surface area contributed by atoms with Gasteiger partial charge in [-0.25, -0.2) is 0 Å². The van der Waals surface area contributed by atoms with Crippen LogP contribution in [0.3, 0.4) is 0 Å². The third kappa shape index (κ3) is 2.06. The van der Waals surface area contributed by atoms with E-state index in [9.17, 15) is 0 Å². The highest BCUT2D eigenvalue weighted by Gasteiger charge is 2.55. The molecule has 2 heteroatoms. The summed E-state index contributed by atoms with van der Waals surface area (Å²) in [5.41, 5.74) is 0.559. The molecule has 5 rings (SSSR count). The Bertz CT molecular complexity index is 308. The van der Waals surface area contributed by atoms with Gasteiger partial charge in [0.2, 0.25) is 0 Å².